The molecule has 1 aliphatic rings. The number of carbonyl (C=O) groups excluding carboxylic acids is 1. The van der Waals surface area contributed by atoms with E-state index in [-0.39, 0.29) is 11.6 Å². The Labute approximate surface area is 180 Å². The zero-order chi connectivity index (χ0) is 22.1. The number of halogens is 3. The standard InChI is InChI=1S/C22H20F3N3O2S/c1-12(20(29)26-17-11-10-15(23)18(24)19(17)25)31-22-27-16-9-5-4-8-14(16)21(30)28(22)13-6-2-3-7-13/h4-5,8-13H,2-3,6-7H2,1H3,(H,26,29). The molecule has 1 amide bonds. The van der Waals surface area contributed by atoms with Gasteiger partial charge in [0.2, 0.25) is 5.91 Å². The highest BCUT2D eigenvalue weighted by molar-refractivity contribution is 8.00. The van der Waals surface area contributed by atoms with E-state index in [1.54, 1.807) is 35.8 Å². The molecule has 0 saturated heterocycles. The maximum absolute atomic E-state index is 13.9. The fourth-order valence-corrected chi connectivity index (χ4v) is 4.74. The monoisotopic (exact) mass is 447 g/mol. The van der Waals surface area contributed by atoms with Crippen LogP contribution in [0.1, 0.15) is 38.6 Å². The number of fused-ring (bicyclic) bond motifs is 1. The van der Waals surface area contributed by atoms with Crippen LogP contribution in [0.2, 0.25) is 0 Å². The summed E-state index contributed by atoms with van der Waals surface area (Å²) in [4.78, 5) is 30.4. The minimum atomic E-state index is -1.65. The van der Waals surface area contributed by atoms with Gasteiger partial charge < -0.3 is 5.32 Å². The quantitative estimate of drug-likeness (QED) is 0.338. The van der Waals surface area contributed by atoms with Crippen LogP contribution in [0.4, 0.5) is 18.9 Å². The first-order chi connectivity index (χ1) is 14.9. The number of rotatable bonds is 5. The topological polar surface area (TPSA) is 64.0 Å². The Bertz CT molecular complexity index is 1210. The van der Waals surface area contributed by atoms with Crippen LogP contribution in [0.15, 0.2) is 46.3 Å². The van der Waals surface area contributed by atoms with E-state index in [2.05, 4.69) is 10.3 Å². The first-order valence-electron chi connectivity index (χ1n) is 9.99. The van der Waals surface area contributed by atoms with Gasteiger partial charge in [0, 0.05) is 6.04 Å². The SMILES string of the molecule is CC(Sc1nc2ccccc2c(=O)n1C1CCCC1)C(=O)Nc1ccc(F)c(F)c1F. The number of carbonyl (C=O) groups is 1. The summed E-state index contributed by atoms with van der Waals surface area (Å²) in [6.07, 6.45) is 3.74. The van der Waals surface area contributed by atoms with Crippen molar-refractivity contribution < 1.29 is 18.0 Å². The lowest BCUT2D eigenvalue weighted by Gasteiger charge is -2.20. The number of nitrogens with zero attached hydrogens (tertiary/aromatic N) is 2. The van der Waals surface area contributed by atoms with E-state index in [1.807, 2.05) is 0 Å². The number of amides is 1. The molecular formula is C22H20F3N3O2S. The number of nitrogens with one attached hydrogen (secondary N) is 1. The summed E-state index contributed by atoms with van der Waals surface area (Å²) in [5, 5.41) is 2.43. The largest absolute Gasteiger partial charge is 0.323 e. The third kappa shape index (κ3) is 4.19. The van der Waals surface area contributed by atoms with Crippen LogP contribution < -0.4 is 10.9 Å². The fourth-order valence-electron chi connectivity index (χ4n) is 3.76. The summed E-state index contributed by atoms with van der Waals surface area (Å²) >= 11 is 1.08. The Morgan fingerprint density at radius 1 is 1.13 bits per heavy atom. The first-order valence-corrected chi connectivity index (χ1v) is 10.9. The third-order valence-corrected chi connectivity index (χ3v) is 6.48. The summed E-state index contributed by atoms with van der Waals surface area (Å²) in [6.45, 7) is 1.58. The summed E-state index contributed by atoms with van der Waals surface area (Å²) in [7, 11) is 0. The lowest BCUT2D eigenvalue weighted by atomic mass is 10.2. The van der Waals surface area contributed by atoms with E-state index in [1.165, 1.54) is 0 Å². The lowest BCUT2D eigenvalue weighted by Crippen LogP contribution is -2.29. The molecule has 0 radical (unpaired) electrons. The molecule has 1 unspecified atom stereocenters. The Morgan fingerprint density at radius 3 is 2.58 bits per heavy atom. The van der Waals surface area contributed by atoms with Crippen LogP contribution in [-0.2, 0) is 4.79 Å². The zero-order valence-corrected chi connectivity index (χ0v) is 17.5. The molecule has 3 aromatic rings. The molecular weight excluding hydrogens is 427 g/mol. The molecule has 4 rings (SSSR count). The van der Waals surface area contributed by atoms with E-state index < -0.39 is 34.3 Å². The van der Waals surface area contributed by atoms with Crippen molar-refractivity contribution in [3.63, 3.8) is 0 Å². The molecule has 31 heavy (non-hydrogen) atoms. The van der Waals surface area contributed by atoms with Crippen molar-refractivity contribution in [2.45, 2.75) is 49.1 Å². The van der Waals surface area contributed by atoms with Gasteiger partial charge in [-0.2, -0.15) is 0 Å². The van der Waals surface area contributed by atoms with Crippen molar-refractivity contribution in [3.8, 4) is 0 Å². The van der Waals surface area contributed by atoms with Gasteiger partial charge in [0.05, 0.1) is 21.8 Å². The van der Waals surface area contributed by atoms with Crippen LogP contribution in [0.5, 0.6) is 0 Å². The third-order valence-electron chi connectivity index (χ3n) is 5.41. The first kappa shape index (κ1) is 21.4. The molecule has 5 nitrogen and oxygen atoms in total. The van der Waals surface area contributed by atoms with E-state index in [0.717, 1.165) is 49.6 Å². The van der Waals surface area contributed by atoms with Gasteiger partial charge in [0.15, 0.2) is 22.6 Å². The molecule has 162 valence electrons. The molecule has 1 N–H and O–H groups in total. The van der Waals surface area contributed by atoms with Gasteiger partial charge in [0.1, 0.15) is 0 Å². The minimum Gasteiger partial charge on any atom is -0.323 e. The summed E-state index contributed by atoms with van der Waals surface area (Å²) in [6, 6.07) is 8.74. The second-order valence-corrected chi connectivity index (χ2v) is 8.81. The van der Waals surface area contributed by atoms with E-state index >= 15 is 0 Å². The molecule has 1 aromatic heterocycles. The Balaban J connectivity index is 1.64. The molecule has 1 atom stereocenters. The van der Waals surface area contributed by atoms with Gasteiger partial charge in [0.25, 0.3) is 5.56 Å². The number of benzene rings is 2. The van der Waals surface area contributed by atoms with Gasteiger partial charge in [-0.1, -0.05) is 36.7 Å². The number of thioether (sulfide) groups is 1. The summed E-state index contributed by atoms with van der Waals surface area (Å²) in [5.74, 6) is -5.06. The van der Waals surface area contributed by atoms with Gasteiger partial charge in [-0.3, -0.25) is 14.2 Å². The van der Waals surface area contributed by atoms with Crippen molar-refractivity contribution in [2.24, 2.45) is 0 Å². The molecule has 9 heteroatoms. The van der Waals surface area contributed by atoms with Crippen LogP contribution in [0.25, 0.3) is 10.9 Å². The fraction of sp³-hybridized carbons (Fsp3) is 0.318. The predicted octanol–water partition coefficient (Wildman–Crippen LogP) is 5.05. The van der Waals surface area contributed by atoms with Gasteiger partial charge in [-0.15, -0.1) is 0 Å². The van der Waals surface area contributed by atoms with Crippen molar-refractivity contribution in [1.29, 1.82) is 0 Å². The highest BCUT2D eigenvalue weighted by Crippen LogP contribution is 2.33. The van der Waals surface area contributed by atoms with Gasteiger partial charge in [-0.25, -0.2) is 18.2 Å². The van der Waals surface area contributed by atoms with Crippen molar-refractivity contribution in [2.75, 3.05) is 5.32 Å². The van der Waals surface area contributed by atoms with Gasteiger partial charge in [-0.05, 0) is 44.0 Å². The molecule has 0 aliphatic heterocycles. The number of hydrogen-bond acceptors (Lipinski definition) is 4. The second kappa shape index (κ2) is 8.74. The molecule has 1 saturated carbocycles. The van der Waals surface area contributed by atoms with Crippen LogP contribution >= 0.6 is 11.8 Å². The highest BCUT2D eigenvalue weighted by atomic mass is 32.2. The molecule has 0 spiro atoms. The Morgan fingerprint density at radius 2 is 1.84 bits per heavy atom. The predicted molar refractivity (Wildman–Crippen MR) is 114 cm³/mol. The molecule has 1 fully saturated rings. The van der Waals surface area contributed by atoms with Crippen LogP contribution in [-0.4, -0.2) is 20.7 Å². The molecule has 1 heterocycles. The molecule has 1 aliphatic carbocycles. The lowest BCUT2D eigenvalue weighted by molar-refractivity contribution is -0.115. The van der Waals surface area contributed by atoms with E-state index in [4.69, 9.17) is 0 Å². The maximum atomic E-state index is 13.9. The maximum Gasteiger partial charge on any atom is 0.262 e. The average Bonchev–Trinajstić information content (AvgIpc) is 3.28. The number of hydrogen-bond donors (Lipinski definition) is 1. The van der Waals surface area contributed by atoms with Crippen LogP contribution in [0.3, 0.4) is 0 Å². The zero-order valence-electron chi connectivity index (χ0n) is 16.7. The number of aromatic nitrogens is 2. The number of anilines is 1. The Kier molecular flexibility index (Phi) is 6.04. The van der Waals surface area contributed by atoms with Crippen molar-refractivity contribution in [1.82, 2.24) is 9.55 Å². The summed E-state index contributed by atoms with van der Waals surface area (Å²) < 4.78 is 42.2. The van der Waals surface area contributed by atoms with E-state index in [9.17, 15) is 22.8 Å². The van der Waals surface area contributed by atoms with Crippen LogP contribution in [0, 0.1) is 17.5 Å². The second-order valence-electron chi connectivity index (χ2n) is 7.50. The normalized spacial score (nSPS) is 15.4. The highest BCUT2D eigenvalue weighted by Gasteiger charge is 2.26. The summed E-state index contributed by atoms with van der Waals surface area (Å²) in [5.41, 5.74) is -0.0706. The minimum absolute atomic E-state index is 0.00556. The Hall–Kier alpha value is -2.81. The van der Waals surface area contributed by atoms with Crippen molar-refractivity contribution in [3.05, 3.63) is 64.2 Å². The number of para-hydroxylation sites is 1. The average molecular weight is 447 g/mol. The smallest absolute Gasteiger partial charge is 0.262 e. The van der Waals surface area contributed by atoms with E-state index in [0.29, 0.717) is 16.1 Å². The molecule has 2 aromatic carbocycles. The van der Waals surface area contributed by atoms with Crippen molar-refractivity contribution >= 4 is 34.3 Å². The van der Waals surface area contributed by atoms with Gasteiger partial charge >= 0.3 is 0 Å². The molecule has 0 bridgehead atoms.